The SMILES string of the molecule is CC(OC(=O)c1ccc2c(c1)CCCC2)C(=O)NCCc1ccccc1. The third-order valence-corrected chi connectivity index (χ3v) is 4.79. The van der Waals surface area contributed by atoms with Gasteiger partial charge in [-0.25, -0.2) is 4.79 Å². The number of carbonyl (C=O) groups is 2. The van der Waals surface area contributed by atoms with Crippen molar-refractivity contribution in [3.8, 4) is 0 Å². The van der Waals surface area contributed by atoms with Gasteiger partial charge in [-0.15, -0.1) is 0 Å². The van der Waals surface area contributed by atoms with Gasteiger partial charge in [-0.3, -0.25) is 4.79 Å². The molecule has 26 heavy (non-hydrogen) atoms. The van der Waals surface area contributed by atoms with Crippen molar-refractivity contribution in [1.82, 2.24) is 5.32 Å². The number of nitrogens with one attached hydrogen (secondary N) is 1. The highest BCUT2D eigenvalue weighted by molar-refractivity contribution is 5.92. The second-order valence-corrected chi connectivity index (χ2v) is 6.76. The normalized spacial score (nSPS) is 14.2. The molecule has 0 heterocycles. The second kappa shape index (κ2) is 8.65. The van der Waals surface area contributed by atoms with Crippen LogP contribution in [0, 0.1) is 0 Å². The number of rotatable bonds is 6. The molecule has 1 N–H and O–H groups in total. The first-order chi connectivity index (χ1) is 12.6. The van der Waals surface area contributed by atoms with Crippen molar-refractivity contribution in [3.05, 3.63) is 70.8 Å². The van der Waals surface area contributed by atoms with Crippen LogP contribution >= 0.6 is 0 Å². The lowest BCUT2D eigenvalue weighted by Gasteiger charge is -2.17. The zero-order valence-electron chi connectivity index (χ0n) is 15.2. The Kier molecular flexibility index (Phi) is 6.05. The number of ether oxygens (including phenoxy) is 1. The van der Waals surface area contributed by atoms with E-state index in [1.54, 1.807) is 13.0 Å². The zero-order valence-corrected chi connectivity index (χ0v) is 15.2. The van der Waals surface area contributed by atoms with Crippen LogP contribution in [0.3, 0.4) is 0 Å². The second-order valence-electron chi connectivity index (χ2n) is 6.76. The van der Waals surface area contributed by atoms with Gasteiger partial charge in [0.25, 0.3) is 5.91 Å². The topological polar surface area (TPSA) is 55.4 Å². The molecule has 1 amide bonds. The highest BCUT2D eigenvalue weighted by Gasteiger charge is 2.20. The Morgan fingerprint density at radius 1 is 1.04 bits per heavy atom. The molecule has 1 unspecified atom stereocenters. The summed E-state index contributed by atoms with van der Waals surface area (Å²) >= 11 is 0. The average molecular weight is 351 g/mol. The number of hydrogen-bond donors (Lipinski definition) is 1. The third kappa shape index (κ3) is 4.72. The maximum atomic E-state index is 12.3. The Morgan fingerprint density at radius 3 is 2.54 bits per heavy atom. The lowest BCUT2D eigenvalue weighted by molar-refractivity contribution is -0.129. The lowest BCUT2D eigenvalue weighted by atomic mass is 9.90. The van der Waals surface area contributed by atoms with E-state index in [0.29, 0.717) is 12.1 Å². The third-order valence-electron chi connectivity index (χ3n) is 4.79. The van der Waals surface area contributed by atoms with Crippen LogP contribution in [0.5, 0.6) is 0 Å². The van der Waals surface area contributed by atoms with Gasteiger partial charge in [0.2, 0.25) is 0 Å². The molecule has 0 spiro atoms. The van der Waals surface area contributed by atoms with E-state index in [9.17, 15) is 9.59 Å². The molecule has 0 aliphatic heterocycles. The molecule has 3 rings (SSSR count). The van der Waals surface area contributed by atoms with E-state index in [0.717, 1.165) is 31.2 Å². The minimum absolute atomic E-state index is 0.271. The monoisotopic (exact) mass is 351 g/mol. The predicted molar refractivity (Wildman–Crippen MR) is 101 cm³/mol. The first-order valence-corrected chi connectivity index (χ1v) is 9.28. The number of aryl methyl sites for hydroxylation is 2. The number of benzene rings is 2. The summed E-state index contributed by atoms with van der Waals surface area (Å²) in [5.41, 5.74) is 4.23. The van der Waals surface area contributed by atoms with Crippen LogP contribution in [-0.2, 0) is 28.8 Å². The van der Waals surface area contributed by atoms with Crippen molar-refractivity contribution in [1.29, 1.82) is 0 Å². The summed E-state index contributed by atoms with van der Waals surface area (Å²) in [6.45, 7) is 2.12. The van der Waals surface area contributed by atoms with E-state index in [4.69, 9.17) is 4.74 Å². The summed E-state index contributed by atoms with van der Waals surface area (Å²) in [4.78, 5) is 24.5. The van der Waals surface area contributed by atoms with Gasteiger partial charge in [0.15, 0.2) is 6.10 Å². The average Bonchev–Trinajstić information content (AvgIpc) is 2.68. The van der Waals surface area contributed by atoms with Crippen LogP contribution in [0.25, 0.3) is 0 Å². The van der Waals surface area contributed by atoms with E-state index < -0.39 is 12.1 Å². The molecular weight excluding hydrogens is 326 g/mol. The van der Waals surface area contributed by atoms with Crippen molar-refractivity contribution >= 4 is 11.9 Å². The fraction of sp³-hybridized carbons (Fsp3) is 0.364. The van der Waals surface area contributed by atoms with E-state index in [1.165, 1.54) is 17.5 Å². The Morgan fingerprint density at radius 2 is 1.77 bits per heavy atom. The van der Waals surface area contributed by atoms with E-state index in [-0.39, 0.29) is 5.91 Å². The number of hydrogen-bond acceptors (Lipinski definition) is 3. The largest absolute Gasteiger partial charge is 0.449 e. The molecule has 1 aliphatic carbocycles. The van der Waals surface area contributed by atoms with Crippen molar-refractivity contribution in [2.45, 2.75) is 45.1 Å². The van der Waals surface area contributed by atoms with Crippen LogP contribution in [0.2, 0.25) is 0 Å². The zero-order chi connectivity index (χ0) is 18.4. The Balaban J connectivity index is 1.49. The molecule has 1 aliphatic rings. The Hall–Kier alpha value is -2.62. The molecule has 0 aromatic heterocycles. The van der Waals surface area contributed by atoms with Crippen molar-refractivity contribution in [2.75, 3.05) is 6.54 Å². The summed E-state index contributed by atoms with van der Waals surface area (Å²) in [7, 11) is 0. The van der Waals surface area contributed by atoms with Crippen LogP contribution < -0.4 is 5.32 Å². The first-order valence-electron chi connectivity index (χ1n) is 9.28. The molecule has 4 heteroatoms. The van der Waals surface area contributed by atoms with Crippen LogP contribution in [0.15, 0.2) is 48.5 Å². The summed E-state index contributed by atoms with van der Waals surface area (Å²) in [5, 5.41) is 2.82. The number of amides is 1. The van der Waals surface area contributed by atoms with Gasteiger partial charge in [-0.2, -0.15) is 0 Å². The molecule has 0 fully saturated rings. The molecule has 136 valence electrons. The van der Waals surface area contributed by atoms with E-state index in [2.05, 4.69) is 5.32 Å². The fourth-order valence-electron chi connectivity index (χ4n) is 3.26. The van der Waals surface area contributed by atoms with Gasteiger partial charge in [0.1, 0.15) is 0 Å². The molecular formula is C22H25NO3. The molecule has 0 bridgehead atoms. The quantitative estimate of drug-likeness (QED) is 0.811. The van der Waals surface area contributed by atoms with Gasteiger partial charge in [-0.05, 0) is 67.9 Å². The number of esters is 1. The summed E-state index contributed by atoms with van der Waals surface area (Å²) in [5.74, 6) is -0.712. The van der Waals surface area contributed by atoms with Gasteiger partial charge in [-0.1, -0.05) is 36.4 Å². The molecule has 0 saturated carbocycles. The minimum Gasteiger partial charge on any atom is -0.449 e. The predicted octanol–water partition coefficient (Wildman–Crippen LogP) is 3.47. The summed E-state index contributed by atoms with van der Waals surface area (Å²) in [6, 6.07) is 15.7. The van der Waals surface area contributed by atoms with Gasteiger partial charge >= 0.3 is 5.97 Å². The maximum absolute atomic E-state index is 12.3. The molecule has 1 atom stereocenters. The Bertz CT molecular complexity index is 770. The summed E-state index contributed by atoms with van der Waals surface area (Å²) < 4.78 is 5.34. The van der Waals surface area contributed by atoms with Gasteiger partial charge in [0, 0.05) is 6.54 Å². The van der Waals surface area contributed by atoms with Gasteiger partial charge in [0.05, 0.1) is 5.56 Å². The lowest BCUT2D eigenvalue weighted by Crippen LogP contribution is -2.36. The van der Waals surface area contributed by atoms with E-state index >= 15 is 0 Å². The molecule has 4 nitrogen and oxygen atoms in total. The van der Waals surface area contributed by atoms with E-state index in [1.807, 2.05) is 42.5 Å². The van der Waals surface area contributed by atoms with Crippen molar-refractivity contribution in [2.24, 2.45) is 0 Å². The van der Waals surface area contributed by atoms with Crippen LogP contribution in [-0.4, -0.2) is 24.5 Å². The fourth-order valence-corrected chi connectivity index (χ4v) is 3.26. The molecule has 2 aromatic carbocycles. The standard InChI is InChI=1S/C22H25NO3/c1-16(21(24)23-14-13-17-7-3-2-4-8-17)26-22(25)20-12-11-18-9-5-6-10-19(18)15-20/h2-4,7-8,11-12,15-16H,5-6,9-10,13-14H2,1H3,(H,23,24). The Labute approximate surface area is 154 Å². The minimum atomic E-state index is -0.811. The highest BCUT2D eigenvalue weighted by atomic mass is 16.5. The summed E-state index contributed by atoms with van der Waals surface area (Å²) in [6.07, 6.45) is 4.38. The molecule has 0 saturated heterocycles. The first kappa shape index (κ1) is 18.2. The van der Waals surface area contributed by atoms with Crippen molar-refractivity contribution in [3.63, 3.8) is 0 Å². The number of carbonyl (C=O) groups excluding carboxylic acids is 2. The van der Waals surface area contributed by atoms with Crippen LogP contribution in [0.1, 0.15) is 46.8 Å². The van der Waals surface area contributed by atoms with Crippen LogP contribution in [0.4, 0.5) is 0 Å². The highest BCUT2D eigenvalue weighted by Crippen LogP contribution is 2.22. The van der Waals surface area contributed by atoms with Crippen molar-refractivity contribution < 1.29 is 14.3 Å². The molecule has 0 radical (unpaired) electrons. The number of fused-ring (bicyclic) bond motifs is 1. The smallest absolute Gasteiger partial charge is 0.338 e. The maximum Gasteiger partial charge on any atom is 0.338 e. The van der Waals surface area contributed by atoms with Gasteiger partial charge < -0.3 is 10.1 Å². The molecule has 2 aromatic rings.